The summed E-state index contributed by atoms with van der Waals surface area (Å²) in [4.78, 5) is 35.6. The second-order valence-electron chi connectivity index (χ2n) is 6.06. The number of carboxylic acid groups (broad SMARTS) is 1. The summed E-state index contributed by atoms with van der Waals surface area (Å²) < 4.78 is 5.06. The van der Waals surface area contributed by atoms with Crippen LogP contribution >= 0.6 is 11.6 Å². The van der Waals surface area contributed by atoms with E-state index in [4.69, 9.17) is 21.4 Å². The van der Waals surface area contributed by atoms with E-state index in [1.165, 1.54) is 6.07 Å². The number of rotatable bonds is 4. The molecule has 8 heteroatoms. The maximum Gasteiger partial charge on any atom is 0.342 e. The van der Waals surface area contributed by atoms with E-state index in [9.17, 15) is 19.5 Å². The number of carboxylic acids is 1. The van der Waals surface area contributed by atoms with Crippen LogP contribution in [0.5, 0.6) is 5.75 Å². The third-order valence-corrected chi connectivity index (χ3v) is 4.16. The Hall–Kier alpha value is -2.28. The van der Waals surface area contributed by atoms with Crippen molar-refractivity contribution in [1.82, 2.24) is 5.32 Å². The molecule has 1 aromatic carbocycles. The third-order valence-electron chi connectivity index (χ3n) is 3.82. The maximum atomic E-state index is 12.3. The van der Waals surface area contributed by atoms with E-state index in [0.717, 1.165) is 0 Å². The number of carbonyl (C=O) groups is 3. The van der Waals surface area contributed by atoms with Crippen molar-refractivity contribution in [1.29, 1.82) is 0 Å². The number of hydrogen-bond donors (Lipinski definition) is 3. The molecule has 0 saturated carbocycles. The van der Waals surface area contributed by atoms with Crippen molar-refractivity contribution in [3.8, 4) is 5.75 Å². The number of aromatic hydroxyl groups is 1. The fraction of sp³-hybridized carbons (Fsp3) is 0.438. The van der Waals surface area contributed by atoms with E-state index < -0.39 is 29.6 Å². The van der Waals surface area contributed by atoms with Crippen molar-refractivity contribution >= 4 is 29.4 Å². The third kappa shape index (κ3) is 3.31. The van der Waals surface area contributed by atoms with Crippen molar-refractivity contribution in [3.05, 3.63) is 27.8 Å². The number of amides is 1. The van der Waals surface area contributed by atoms with Crippen molar-refractivity contribution in [2.75, 3.05) is 0 Å². The van der Waals surface area contributed by atoms with Crippen LogP contribution in [0, 0.1) is 5.92 Å². The minimum atomic E-state index is -1.20. The Morgan fingerprint density at radius 2 is 2.04 bits per heavy atom. The number of cyclic esters (lactones) is 1. The molecule has 1 aliphatic heterocycles. The largest absolute Gasteiger partial charge is 0.506 e. The Labute approximate surface area is 143 Å². The maximum absolute atomic E-state index is 12.3. The number of hydrogen-bond acceptors (Lipinski definition) is 5. The van der Waals surface area contributed by atoms with Gasteiger partial charge in [-0.15, -0.1) is 0 Å². The molecule has 7 nitrogen and oxygen atoms in total. The van der Waals surface area contributed by atoms with Gasteiger partial charge in [0.1, 0.15) is 23.5 Å². The highest BCUT2D eigenvalue weighted by Crippen LogP contribution is 2.36. The second kappa shape index (κ2) is 6.68. The van der Waals surface area contributed by atoms with E-state index >= 15 is 0 Å². The number of phenols is 1. The number of benzene rings is 1. The molecule has 0 bridgehead atoms. The number of fused-ring (bicyclic) bond motifs is 1. The lowest BCUT2D eigenvalue weighted by atomic mass is 9.95. The van der Waals surface area contributed by atoms with E-state index in [-0.39, 0.29) is 28.2 Å². The average Bonchev–Trinajstić information content (AvgIpc) is 2.46. The summed E-state index contributed by atoms with van der Waals surface area (Å²) in [5.41, 5.74) is -0.00700. The molecule has 24 heavy (non-hydrogen) atoms. The van der Waals surface area contributed by atoms with Crippen LogP contribution < -0.4 is 5.32 Å². The fourth-order valence-corrected chi connectivity index (χ4v) is 2.86. The number of halogens is 1. The first-order valence-electron chi connectivity index (χ1n) is 7.42. The molecule has 1 amide bonds. The summed E-state index contributed by atoms with van der Waals surface area (Å²) in [5, 5.41) is 21.9. The predicted octanol–water partition coefficient (Wildman–Crippen LogP) is 1.99. The van der Waals surface area contributed by atoms with Crippen molar-refractivity contribution in [2.45, 2.75) is 39.3 Å². The second-order valence-corrected chi connectivity index (χ2v) is 6.47. The van der Waals surface area contributed by atoms with Crippen LogP contribution in [0.4, 0.5) is 0 Å². The molecule has 2 rings (SSSR count). The Bertz CT molecular complexity index is 715. The molecule has 130 valence electrons. The monoisotopic (exact) mass is 355 g/mol. The van der Waals surface area contributed by atoms with Crippen LogP contribution in [0.2, 0.25) is 5.02 Å². The number of esters is 1. The SMILES string of the molecule is CC1Cc2c(Cl)cc(C(=O)N[C@H](C(=O)O)C(C)C)c(O)c2C(=O)O1. The first-order valence-corrected chi connectivity index (χ1v) is 7.80. The van der Waals surface area contributed by atoms with Gasteiger partial charge in [0.25, 0.3) is 5.91 Å². The quantitative estimate of drug-likeness (QED) is 0.712. The fourth-order valence-electron chi connectivity index (χ4n) is 2.58. The molecule has 2 atom stereocenters. The van der Waals surface area contributed by atoms with Gasteiger partial charge < -0.3 is 20.3 Å². The molecule has 0 saturated heterocycles. The topological polar surface area (TPSA) is 113 Å². The number of carbonyl (C=O) groups excluding carboxylic acids is 2. The molecule has 1 aliphatic rings. The van der Waals surface area contributed by atoms with Gasteiger partial charge in [-0.1, -0.05) is 25.4 Å². The van der Waals surface area contributed by atoms with Gasteiger partial charge in [-0.3, -0.25) is 4.79 Å². The molecule has 1 aromatic rings. The standard InChI is InChI=1S/C16H18ClNO6/c1-6(2)12(15(21)22)18-14(20)9-5-10(17)8-4-7(3)24-16(23)11(8)13(9)19/h5-7,12,19H,4H2,1-3H3,(H,18,20)(H,21,22)/t7?,12-/m0/s1. The molecular formula is C16H18ClNO6. The van der Waals surface area contributed by atoms with Gasteiger partial charge in [0.05, 0.1) is 5.56 Å². The lowest BCUT2D eigenvalue weighted by molar-refractivity contribution is -0.140. The van der Waals surface area contributed by atoms with Crippen LogP contribution in [-0.4, -0.2) is 40.2 Å². The van der Waals surface area contributed by atoms with Gasteiger partial charge >= 0.3 is 11.9 Å². The number of nitrogens with one attached hydrogen (secondary N) is 1. The first kappa shape index (κ1) is 18.1. The zero-order valence-electron chi connectivity index (χ0n) is 13.4. The highest BCUT2D eigenvalue weighted by atomic mass is 35.5. The van der Waals surface area contributed by atoms with E-state index in [1.807, 2.05) is 0 Å². The lowest BCUT2D eigenvalue weighted by Crippen LogP contribution is -2.44. The Balaban J connectivity index is 2.44. The van der Waals surface area contributed by atoms with E-state index in [1.54, 1.807) is 20.8 Å². The highest BCUT2D eigenvalue weighted by molar-refractivity contribution is 6.32. The molecule has 1 heterocycles. The van der Waals surface area contributed by atoms with Gasteiger partial charge in [0.2, 0.25) is 0 Å². The summed E-state index contributed by atoms with van der Waals surface area (Å²) in [7, 11) is 0. The summed E-state index contributed by atoms with van der Waals surface area (Å²) in [6.45, 7) is 4.96. The highest BCUT2D eigenvalue weighted by Gasteiger charge is 2.33. The molecule has 0 aliphatic carbocycles. The van der Waals surface area contributed by atoms with Crippen LogP contribution in [0.1, 0.15) is 47.1 Å². The van der Waals surface area contributed by atoms with Crippen molar-refractivity contribution in [2.24, 2.45) is 5.92 Å². The minimum absolute atomic E-state index is 0.146. The van der Waals surface area contributed by atoms with Gasteiger partial charge in [-0.25, -0.2) is 9.59 Å². The molecule has 0 spiro atoms. The van der Waals surface area contributed by atoms with E-state index in [2.05, 4.69) is 5.32 Å². The van der Waals surface area contributed by atoms with Crippen LogP contribution in [0.25, 0.3) is 0 Å². The van der Waals surface area contributed by atoms with Gasteiger partial charge in [-0.2, -0.15) is 0 Å². The molecule has 1 unspecified atom stereocenters. The zero-order chi connectivity index (χ0) is 18.2. The van der Waals surface area contributed by atoms with Crippen molar-refractivity contribution < 1.29 is 29.3 Å². The molecule has 3 N–H and O–H groups in total. The summed E-state index contributed by atoms with van der Waals surface area (Å²) in [6.07, 6.45) is -0.0713. The van der Waals surface area contributed by atoms with Gasteiger partial charge in [-0.05, 0) is 24.5 Å². The summed E-state index contributed by atoms with van der Waals surface area (Å²) in [5.74, 6) is -3.72. The van der Waals surface area contributed by atoms with Gasteiger partial charge in [0, 0.05) is 11.4 Å². The average molecular weight is 356 g/mol. The van der Waals surface area contributed by atoms with Crippen LogP contribution in [0.15, 0.2) is 6.07 Å². The summed E-state index contributed by atoms with van der Waals surface area (Å²) in [6, 6.07) is 0.0916. The summed E-state index contributed by atoms with van der Waals surface area (Å²) >= 11 is 6.14. The number of ether oxygens (including phenoxy) is 1. The smallest absolute Gasteiger partial charge is 0.342 e. The Kier molecular flexibility index (Phi) is 5.03. The Morgan fingerprint density at radius 3 is 2.58 bits per heavy atom. The van der Waals surface area contributed by atoms with E-state index in [0.29, 0.717) is 12.0 Å². The van der Waals surface area contributed by atoms with Crippen LogP contribution in [0.3, 0.4) is 0 Å². The van der Waals surface area contributed by atoms with Crippen LogP contribution in [-0.2, 0) is 16.0 Å². The number of phenolic OH excluding ortho intramolecular Hbond substituents is 1. The Morgan fingerprint density at radius 1 is 1.42 bits per heavy atom. The first-order chi connectivity index (χ1) is 11.1. The molecule has 0 radical (unpaired) electrons. The molecule has 0 fully saturated rings. The zero-order valence-corrected chi connectivity index (χ0v) is 14.2. The predicted molar refractivity (Wildman–Crippen MR) is 85.4 cm³/mol. The van der Waals surface area contributed by atoms with Crippen molar-refractivity contribution in [3.63, 3.8) is 0 Å². The van der Waals surface area contributed by atoms with Gasteiger partial charge in [0.15, 0.2) is 0 Å². The molecular weight excluding hydrogens is 338 g/mol. The normalized spacial score (nSPS) is 17.9. The number of aliphatic carboxylic acids is 1. The minimum Gasteiger partial charge on any atom is -0.506 e. The lowest BCUT2D eigenvalue weighted by Gasteiger charge is -2.25. The molecule has 0 aromatic heterocycles.